The zero-order valence-electron chi connectivity index (χ0n) is 18.3. The molecule has 33 heavy (non-hydrogen) atoms. The predicted molar refractivity (Wildman–Crippen MR) is 125 cm³/mol. The minimum Gasteiger partial charge on any atom is -0.473 e. The van der Waals surface area contributed by atoms with Crippen molar-refractivity contribution in [3.63, 3.8) is 0 Å². The molecule has 2 heterocycles. The van der Waals surface area contributed by atoms with Crippen LogP contribution in [-0.2, 0) is 0 Å². The van der Waals surface area contributed by atoms with Crippen LogP contribution in [0, 0.1) is 19.3 Å². The average molecular weight is 486 g/mol. The van der Waals surface area contributed by atoms with E-state index in [1.54, 1.807) is 23.0 Å². The average Bonchev–Trinajstić information content (AvgIpc) is 3.27. The van der Waals surface area contributed by atoms with Gasteiger partial charge in [0.2, 0.25) is 5.88 Å². The van der Waals surface area contributed by atoms with Crippen LogP contribution in [0.5, 0.6) is 5.88 Å². The first-order chi connectivity index (χ1) is 15.7. The maximum absolute atomic E-state index is 12.8. The van der Waals surface area contributed by atoms with Crippen LogP contribution in [0.1, 0.15) is 56.4 Å². The first-order valence-electron chi connectivity index (χ1n) is 10.8. The second kappa shape index (κ2) is 8.14. The summed E-state index contributed by atoms with van der Waals surface area (Å²) in [4.78, 5) is 29.1. The molecule has 2 aliphatic rings. The van der Waals surface area contributed by atoms with E-state index in [2.05, 4.69) is 15.4 Å². The SMILES string of the molecule is Cc1nc(O[C@H]2CC3(C[C@H](NC(=O)c4cnn(-c5ccc(Cl)cc5)c4C)C3)C2)c(C(N)=O)s1. The van der Waals surface area contributed by atoms with Crippen LogP contribution in [0.3, 0.4) is 0 Å². The number of hydrogen-bond donors (Lipinski definition) is 2. The molecule has 172 valence electrons. The summed E-state index contributed by atoms with van der Waals surface area (Å²) in [7, 11) is 0. The largest absolute Gasteiger partial charge is 0.473 e. The van der Waals surface area contributed by atoms with Crippen molar-refractivity contribution in [3.8, 4) is 11.6 Å². The Bertz CT molecular complexity index is 1220. The number of carbonyl (C=O) groups excluding carboxylic acids is 2. The van der Waals surface area contributed by atoms with Gasteiger partial charge in [-0.2, -0.15) is 5.10 Å². The lowest BCUT2D eigenvalue weighted by atomic mass is 9.53. The maximum atomic E-state index is 12.8. The summed E-state index contributed by atoms with van der Waals surface area (Å²) in [6, 6.07) is 7.47. The third-order valence-electron chi connectivity index (χ3n) is 6.55. The van der Waals surface area contributed by atoms with E-state index >= 15 is 0 Å². The molecule has 5 rings (SSSR count). The van der Waals surface area contributed by atoms with Gasteiger partial charge in [-0.3, -0.25) is 9.59 Å². The number of hydrogen-bond acceptors (Lipinski definition) is 6. The maximum Gasteiger partial charge on any atom is 0.264 e. The van der Waals surface area contributed by atoms with E-state index in [9.17, 15) is 9.59 Å². The number of nitrogens with two attached hydrogens (primary N) is 1. The molecular formula is C23H24ClN5O3S. The highest BCUT2D eigenvalue weighted by Crippen LogP contribution is 2.57. The number of nitrogens with zero attached hydrogens (tertiary/aromatic N) is 3. The van der Waals surface area contributed by atoms with Gasteiger partial charge in [0.25, 0.3) is 11.8 Å². The van der Waals surface area contributed by atoms with Crippen LogP contribution in [0.4, 0.5) is 0 Å². The van der Waals surface area contributed by atoms with E-state index in [4.69, 9.17) is 22.1 Å². The molecule has 2 aliphatic carbocycles. The summed E-state index contributed by atoms with van der Waals surface area (Å²) in [5, 5.41) is 8.92. The molecule has 2 aromatic heterocycles. The van der Waals surface area contributed by atoms with E-state index in [0.29, 0.717) is 21.3 Å². The normalized spacial score (nSPS) is 23.6. The third-order valence-corrected chi connectivity index (χ3v) is 7.76. The number of thiazole rings is 1. The summed E-state index contributed by atoms with van der Waals surface area (Å²) in [5.41, 5.74) is 7.82. The van der Waals surface area contributed by atoms with Gasteiger partial charge in [-0.1, -0.05) is 11.6 Å². The standard InChI is InChI=1S/C23H24ClN5O3S/c1-12-18(11-26-29(12)16-5-3-14(24)4-6-16)21(31)28-15-7-23(8-15)9-17(10-23)32-22-19(20(25)30)33-13(2)27-22/h3-6,11,15,17H,7-10H2,1-2H3,(H2,25,30)(H,28,31)/t15-,17-,23?. The zero-order chi connectivity index (χ0) is 23.3. The number of aryl methyl sites for hydroxylation is 1. The molecule has 0 unspecified atom stereocenters. The molecule has 0 bridgehead atoms. The van der Waals surface area contributed by atoms with Gasteiger partial charge in [-0.05, 0) is 69.2 Å². The minimum absolute atomic E-state index is 0.0288. The number of ether oxygens (including phenoxy) is 1. The Labute approximate surface area is 200 Å². The van der Waals surface area contributed by atoms with Crippen LogP contribution in [0.2, 0.25) is 5.02 Å². The first-order valence-corrected chi connectivity index (χ1v) is 12.0. The van der Waals surface area contributed by atoms with E-state index in [1.165, 1.54) is 11.3 Å². The molecule has 2 amide bonds. The van der Waals surface area contributed by atoms with Gasteiger partial charge in [-0.25, -0.2) is 9.67 Å². The van der Waals surface area contributed by atoms with Gasteiger partial charge >= 0.3 is 0 Å². The van der Waals surface area contributed by atoms with Crippen LogP contribution >= 0.6 is 22.9 Å². The Balaban J connectivity index is 1.14. The van der Waals surface area contributed by atoms with Gasteiger partial charge in [-0.15, -0.1) is 11.3 Å². The summed E-state index contributed by atoms with van der Waals surface area (Å²) in [6.45, 7) is 3.71. The molecule has 1 spiro atoms. The third kappa shape index (κ3) is 4.11. The van der Waals surface area contributed by atoms with Gasteiger partial charge in [0.05, 0.1) is 28.1 Å². The number of halogens is 1. The molecule has 0 radical (unpaired) electrons. The van der Waals surface area contributed by atoms with E-state index in [0.717, 1.165) is 42.1 Å². The lowest BCUT2D eigenvalue weighted by Gasteiger charge is -2.57. The van der Waals surface area contributed by atoms with Crippen molar-refractivity contribution in [2.24, 2.45) is 11.1 Å². The highest BCUT2D eigenvalue weighted by atomic mass is 35.5. The van der Waals surface area contributed by atoms with Crippen molar-refractivity contribution in [2.75, 3.05) is 0 Å². The number of aromatic nitrogens is 3. The fourth-order valence-electron chi connectivity index (χ4n) is 4.95. The number of benzene rings is 1. The summed E-state index contributed by atoms with van der Waals surface area (Å²) in [6.07, 6.45) is 5.25. The minimum atomic E-state index is -0.509. The van der Waals surface area contributed by atoms with Crippen molar-refractivity contribution in [1.29, 1.82) is 0 Å². The number of carbonyl (C=O) groups is 2. The van der Waals surface area contributed by atoms with Crippen LogP contribution < -0.4 is 15.8 Å². The van der Waals surface area contributed by atoms with Crippen molar-refractivity contribution in [2.45, 2.75) is 51.7 Å². The second-order valence-electron chi connectivity index (χ2n) is 8.99. The number of amides is 2. The molecule has 10 heteroatoms. The Hall–Kier alpha value is -2.91. The van der Waals surface area contributed by atoms with Crippen LogP contribution in [-0.4, -0.2) is 38.7 Å². The quantitative estimate of drug-likeness (QED) is 0.551. The predicted octanol–water partition coefficient (Wildman–Crippen LogP) is 3.82. The first kappa shape index (κ1) is 21.9. The van der Waals surface area contributed by atoms with Gasteiger partial charge < -0.3 is 15.8 Å². The summed E-state index contributed by atoms with van der Waals surface area (Å²) < 4.78 is 7.68. The van der Waals surface area contributed by atoms with Crippen molar-refractivity contribution >= 4 is 34.8 Å². The smallest absolute Gasteiger partial charge is 0.264 e. The Morgan fingerprint density at radius 3 is 2.58 bits per heavy atom. The molecular weight excluding hydrogens is 462 g/mol. The molecule has 2 saturated carbocycles. The van der Waals surface area contributed by atoms with Gasteiger partial charge in [0, 0.05) is 11.1 Å². The fraction of sp³-hybridized carbons (Fsp3) is 0.391. The highest BCUT2D eigenvalue weighted by Gasteiger charge is 2.54. The zero-order valence-corrected chi connectivity index (χ0v) is 19.9. The Morgan fingerprint density at radius 2 is 1.91 bits per heavy atom. The molecule has 0 atom stereocenters. The van der Waals surface area contributed by atoms with E-state index in [-0.39, 0.29) is 23.5 Å². The van der Waals surface area contributed by atoms with Crippen molar-refractivity contribution < 1.29 is 14.3 Å². The van der Waals surface area contributed by atoms with Gasteiger partial charge in [0.15, 0.2) is 4.88 Å². The molecule has 0 aliphatic heterocycles. The van der Waals surface area contributed by atoms with E-state index in [1.807, 2.05) is 26.0 Å². The molecule has 8 nitrogen and oxygen atoms in total. The highest BCUT2D eigenvalue weighted by molar-refractivity contribution is 7.13. The van der Waals surface area contributed by atoms with Crippen LogP contribution in [0.25, 0.3) is 5.69 Å². The topological polar surface area (TPSA) is 112 Å². The van der Waals surface area contributed by atoms with Crippen LogP contribution in [0.15, 0.2) is 30.5 Å². The molecule has 0 saturated heterocycles. The second-order valence-corrected chi connectivity index (χ2v) is 10.6. The number of rotatable bonds is 6. The number of primary amides is 1. The van der Waals surface area contributed by atoms with Crippen molar-refractivity contribution in [1.82, 2.24) is 20.1 Å². The monoisotopic (exact) mass is 485 g/mol. The Morgan fingerprint density at radius 1 is 1.21 bits per heavy atom. The van der Waals surface area contributed by atoms with Gasteiger partial charge in [0.1, 0.15) is 6.10 Å². The molecule has 3 N–H and O–H groups in total. The molecule has 1 aromatic carbocycles. The van der Waals surface area contributed by atoms with Crippen molar-refractivity contribution in [3.05, 3.63) is 56.6 Å². The lowest BCUT2D eigenvalue weighted by Crippen LogP contribution is -2.58. The molecule has 2 fully saturated rings. The summed E-state index contributed by atoms with van der Waals surface area (Å²) in [5.74, 6) is -0.267. The molecule has 3 aromatic rings. The summed E-state index contributed by atoms with van der Waals surface area (Å²) >= 11 is 7.22. The fourth-order valence-corrected chi connectivity index (χ4v) is 5.78. The number of nitrogens with one attached hydrogen (secondary N) is 1. The van der Waals surface area contributed by atoms with E-state index < -0.39 is 5.91 Å². The lowest BCUT2D eigenvalue weighted by molar-refractivity contribution is -0.0846. The Kier molecular flexibility index (Phi) is 5.41.